The van der Waals surface area contributed by atoms with E-state index in [9.17, 15) is 8.96 Å². The quantitative estimate of drug-likeness (QED) is 0.825. The van der Waals surface area contributed by atoms with Crippen molar-refractivity contribution in [3.8, 4) is 5.75 Å². The molecule has 0 fully saturated rings. The Morgan fingerprint density at radius 3 is 2.26 bits per heavy atom. The minimum Gasteiger partial charge on any atom is -0.429 e. The summed E-state index contributed by atoms with van der Waals surface area (Å²) < 4.78 is 30.4. The van der Waals surface area contributed by atoms with Gasteiger partial charge in [0.15, 0.2) is 0 Å². The van der Waals surface area contributed by atoms with E-state index in [0.29, 0.717) is 16.5 Å². The van der Waals surface area contributed by atoms with Crippen LogP contribution in [0.4, 0.5) is 10.1 Å². The van der Waals surface area contributed by atoms with Crippen molar-refractivity contribution in [1.82, 2.24) is 0 Å². The molecule has 0 bridgehead atoms. The highest BCUT2D eigenvalue weighted by Crippen LogP contribution is 2.43. The van der Waals surface area contributed by atoms with Gasteiger partial charge in [0.2, 0.25) is 0 Å². The van der Waals surface area contributed by atoms with Crippen LogP contribution in [0.1, 0.15) is 0 Å². The van der Waals surface area contributed by atoms with Crippen molar-refractivity contribution in [2.45, 2.75) is 0 Å². The molecular formula is C13H12ClFNO2P. The van der Waals surface area contributed by atoms with Gasteiger partial charge in [0.05, 0.1) is 0 Å². The molecular weight excluding hydrogens is 288 g/mol. The standard InChI is InChI=1S/C13H12ClFNO2P/c1-19(17,16-12-6-4-11(15)5-7-12)18-13-8-2-10(14)3-9-13/h2-9H,1H3,(H,16,17)/t19-/m0/s1. The number of hydrogen-bond acceptors (Lipinski definition) is 2. The molecule has 19 heavy (non-hydrogen) atoms. The Hall–Kier alpha value is -1.51. The van der Waals surface area contributed by atoms with Crippen LogP contribution < -0.4 is 9.61 Å². The molecule has 2 aromatic carbocycles. The molecule has 1 atom stereocenters. The first kappa shape index (κ1) is 13.9. The normalized spacial score (nSPS) is 13.6. The molecule has 1 N–H and O–H groups in total. The first-order valence-corrected chi connectivity index (χ1v) is 7.96. The summed E-state index contributed by atoms with van der Waals surface area (Å²) in [6.07, 6.45) is 0. The Labute approximate surface area is 115 Å². The molecule has 0 spiro atoms. The molecule has 6 heteroatoms. The smallest absolute Gasteiger partial charge is 0.338 e. The van der Waals surface area contributed by atoms with Crippen molar-refractivity contribution >= 4 is 24.8 Å². The van der Waals surface area contributed by atoms with Crippen LogP contribution in [0.25, 0.3) is 0 Å². The van der Waals surface area contributed by atoms with Crippen LogP contribution in [-0.4, -0.2) is 6.66 Å². The minimum atomic E-state index is -3.08. The molecule has 0 aliphatic carbocycles. The van der Waals surface area contributed by atoms with Crippen LogP contribution >= 0.6 is 19.1 Å². The Balaban J connectivity index is 2.08. The van der Waals surface area contributed by atoms with Crippen molar-refractivity contribution in [3.05, 3.63) is 59.4 Å². The van der Waals surface area contributed by atoms with Gasteiger partial charge in [-0.1, -0.05) is 11.6 Å². The van der Waals surface area contributed by atoms with Crippen LogP contribution in [0.5, 0.6) is 5.75 Å². The molecule has 0 saturated carbocycles. The Bertz CT molecular complexity index is 550. The van der Waals surface area contributed by atoms with Gasteiger partial charge in [-0.05, 0) is 48.5 Å². The summed E-state index contributed by atoms with van der Waals surface area (Å²) in [6.45, 7) is 1.45. The van der Waals surface area contributed by atoms with Gasteiger partial charge >= 0.3 is 7.52 Å². The maximum absolute atomic E-state index is 12.8. The van der Waals surface area contributed by atoms with Gasteiger partial charge in [-0.2, -0.15) is 0 Å². The van der Waals surface area contributed by atoms with Gasteiger partial charge in [0.1, 0.15) is 11.6 Å². The fourth-order valence-corrected chi connectivity index (χ4v) is 2.79. The zero-order valence-electron chi connectivity index (χ0n) is 10.1. The lowest BCUT2D eigenvalue weighted by molar-refractivity contribution is 0.493. The van der Waals surface area contributed by atoms with Crippen molar-refractivity contribution in [3.63, 3.8) is 0 Å². The minimum absolute atomic E-state index is 0.352. The van der Waals surface area contributed by atoms with E-state index in [-0.39, 0.29) is 5.82 Å². The Kier molecular flexibility index (Phi) is 4.13. The highest BCUT2D eigenvalue weighted by molar-refractivity contribution is 7.60. The first-order valence-electron chi connectivity index (χ1n) is 5.51. The third-order valence-electron chi connectivity index (χ3n) is 2.27. The summed E-state index contributed by atoms with van der Waals surface area (Å²) in [5, 5.41) is 3.32. The highest BCUT2D eigenvalue weighted by atomic mass is 35.5. The molecule has 0 heterocycles. The molecule has 0 saturated heterocycles. The van der Waals surface area contributed by atoms with Crippen LogP contribution in [0.15, 0.2) is 48.5 Å². The zero-order chi connectivity index (χ0) is 13.9. The van der Waals surface area contributed by atoms with E-state index >= 15 is 0 Å². The Morgan fingerprint density at radius 1 is 1.11 bits per heavy atom. The van der Waals surface area contributed by atoms with Crippen LogP contribution in [0.3, 0.4) is 0 Å². The number of rotatable bonds is 4. The number of anilines is 1. The largest absolute Gasteiger partial charge is 0.429 e. The zero-order valence-corrected chi connectivity index (χ0v) is 11.8. The third kappa shape index (κ3) is 4.27. The lowest BCUT2D eigenvalue weighted by Crippen LogP contribution is -2.02. The van der Waals surface area contributed by atoms with Crippen molar-refractivity contribution in [1.29, 1.82) is 0 Å². The molecule has 0 aromatic heterocycles. The van der Waals surface area contributed by atoms with Crippen LogP contribution in [-0.2, 0) is 4.57 Å². The topological polar surface area (TPSA) is 38.3 Å². The van der Waals surface area contributed by atoms with E-state index in [1.54, 1.807) is 24.3 Å². The summed E-state index contributed by atoms with van der Waals surface area (Å²) in [7, 11) is -3.08. The summed E-state index contributed by atoms with van der Waals surface area (Å²) in [5.41, 5.74) is 0.529. The van der Waals surface area contributed by atoms with Gasteiger partial charge in [0, 0.05) is 17.4 Å². The highest BCUT2D eigenvalue weighted by Gasteiger charge is 2.17. The number of halogens is 2. The first-order chi connectivity index (χ1) is 8.94. The summed E-state index contributed by atoms with van der Waals surface area (Å²) in [4.78, 5) is 0. The van der Waals surface area contributed by atoms with Gasteiger partial charge < -0.3 is 9.61 Å². The lowest BCUT2D eigenvalue weighted by Gasteiger charge is -2.17. The van der Waals surface area contributed by atoms with Crippen LogP contribution in [0, 0.1) is 5.82 Å². The van der Waals surface area contributed by atoms with E-state index in [1.807, 2.05) is 0 Å². The second kappa shape index (κ2) is 5.64. The average Bonchev–Trinajstić information content (AvgIpc) is 2.34. The molecule has 0 aliphatic rings. The predicted octanol–water partition coefficient (Wildman–Crippen LogP) is 4.79. The van der Waals surface area contributed by atoms with Crippen molar-refractivity contribution in [2.24, 2.45) is 0 Å². The van der Waals surface area contributed by atoms with Crippen LogP contribution in [0.2, 0.25) is 5.02 Å². The molecule has 3 nitrogen and oxygen atoms in total. The van der Waals surface area contributed by atoms with E-state index < -0.39 is 7.52 Å². The van der Waals surface area contributed by atoms with E-state index in [4.69, 9.17) is 16.1 Å². The molecule has 0 unspecified atom stereocenters. The van der Waals surface area contributed by atoms with Crippen molar-refractivity contribution in [2.75, 3.05) is 11.8 Å². The summed E-state index contributed by atoms with van der Waals surface area (Å²) in [5.74, 6) is 0.0972. The fourth-order valence-electron chi connectivity index (χ4n) is 1.48. The van der Waals surface area contributed by atoms with Gasteiger partial charge in [-0.25, -0.2) is 4.39 Å². The van der Waals surface area contributed by atoms with Gasteiger partial charge in [0.25, 0.3) is 0 Å². The van der Waals surface area contributed by atoms with E-state index in [0.717, 1.165) is 0 Å². The molecule has 0 amide bonds. The van der Waals surface area contributed by atoms with E-state index in [1.165, 1.54) is 30.9 Å². The molecule has 0 aliphatic heterocycles. The fraction of sp³-hybridized carbons (Fsp3) is 0.0769. The number of nitrogens with one attached hydrogen (secondary N) is 1. The second-order valence-corrected chi connectivity index (χ2v) is 6.54. The lowest BCUT2D eigenvalue weighted by atomic mass is 10.3. The van der Waals surface area contributed by atoms with Gasteiger partial charge in [-0.15, -0.1) is 0 Å². The maximum Gasteiger partial charge on any atom is 0.338 e. The molecule has 100 valence electrons. The Morgan fingerprint density at radius 2 is 1.68 bits per heavy atom. The monoisotopic (exact) mass is 299 g/mol. The number of benzene rings is 2. The third-order valence-corrected chi connectivity index (χ3v) is 3.75. The maximum atomic E-state index is 12.8. The molecule has 2 aromatic rings. The average molecular weight is 300 g/mol. The molecule has 0 radical (unpaired) electrons. The summed E-state index contributed by atoms with van der Waals surface area (Å²) in [6, 6.07) is 12.1. The number of hydrogen-bond donors (Lipinski definition) is 1. The molecule has 2 rings (SSSR count). The second-order valence-electron chi connectivity index (χ2n) is 4.01. The SMILES string of the molecule is C[P@@](=O)(Nc1ccc(F)cc1)Oc1ccc(Cl)cc1. The van der Waals surface area contributed by atoms with Gasteiger partial charge in [-0.3, -0.25) is 4.57 Å². The van der Waals surface area contributed by atoms with Crippen molar-refractivity contribution < 1.29 is 13.5 Å². The predicted molar refractivity (Wildman–Crippen MR) is 75.6 cm³/mol. The summed E-state index contributed by atoms with van der Waals surface area (Å²) >= 11 is 5.75. The van der Waals surface area contributed by atoms with E-state index in [2.05, 4.69) is 5.09 Å².